The molecular formula is C21H23BrN4O. The molecular weight excluding hydrogens is 404 g/mol. The summed E-state index contributed by atoms with van der Waals surface area (Å²) in [7, 11) is 0. The highest BCUT2D eigenvalue weighted by Crippen LogP contribution is 2.27. The highest BCUT2D eigenvalue weighted by molar-refractivity contribution is 9.10. The molecule has 0 bridgehead atoms. The van der Waals surface area contributed by atoms with E-state index in [4.69, 9.17) is 5.10 Å². The van der Waals surface area contributed by atoms with Gasteiger partial charge in [-0.25, -0.2) is 9.48 Å². The first-order valence-electron chi connectivity index (χ1n) is 8.74. The highest BCUT2D eigenvalue weighted by atomic mass is 79.9. The maximum absolute atomic E-state index is 12.5. The van der Waals surface area contributed by atoms with Gasteiger partial charge in [-0.3, -0.25) is 5.32 Å². The zero-order valence-corrected chi connectivity index (χ0v) is 17.5. The molecule has 0 saturated heterocycles. The second-order valence-electron chi connectivity index (χ2n) is 7.47. The molecule has 0 aliphatic rings. The number of nitrogens with one attached hydrogen (secondary N) is 2. The second kappa shape index (κ2) is 7.56. The lowest BCUT2D eigenvalue weighted by atomic mass is 9.92. The number of anilines is 2. The number of nitrogens with zero attached hydrogens (tertiary/aromatic N) is 2. The van der Waals surface area contributed by atoms with Gasteiger partial charge in [-0.2, -0.15) is 5.10 Å². The molecule has 0 aliphatic carbocycles. The zero-order valence-electron chi connectivity index (χ0n) is 15.9. The average molecular weight is 427 g/mol. The Morgan fingerprint density at radius 1 is 1.04 bits per heavy atom. The van der Waals surface area contributed by atoms with Crippen LogP contribution in [-0.2, 0) is 5.41 Å². The number of rotatable bonds is 3. The summed E-state index contributed by atoms with van der Waals surface area (Å²) in [6.07, 6.45) is 0. The predicted octanol–water partition coefficient (Wildman–Crippen LogP) is 5.88. The third-order valence-corrected chi connectivity index (χ3v) is 4.81. The van der Waals surface area contributed by atoms with Gasteiger partial charge in [0.2, 0.25) is 0 Å². The third-order valence-electron chi connectivity index (χ3n) is 4.12. The van der Waals surface area contributed by atoms with Crippen LogP contribution in [0.3, 0.4) is 0 Å². The minimum atomic E-state index is -0.323. The standard InChI is InChI=1S/C21H23BrN4O/c1-14-9-11-15(12-10-14)26-19(13-18(25-26)21(2,3)4)24-20(27)23-17-8-6-5-7-16(17)22/h5-13H,1-4H3,(H2,23,24,27). The van der Waals surface area contributed by atoms with Crippen LogP contribution >= 0.6 is 15.9 Å². The first-order valence-corrected chi connectivity index (χ1v) is 9.53. The fourth-order valence-electron chi connectivity index (χ4n) is 2.55. The molecule has 0 fully saturated rings. The van der Waals surface area contributed by atoms with Crippen molar-refractivity contribution in [2.75, 3.05) is 10.6 Å². The zero-order chi connectivity index (χ0) is 19.6. The molecule has 2 N–H and O–H groups in total. The van der Waals surface area contributed by atoms with Gasteiger partial charge in [0.1, 0.15) is 5.82 Å². The number of hydrogen-bond acceptors (Lipinski definition) is 2. The summed E-state index contributed by atoms with van der Waals surface area (Å²) in [6, 6.07) is 17.1. The summed E-state index contributed by atoms with van der Waals surface area (Å²) in [5.41, 5.74) is 3.54. The lowest BCUT2D eigenvalue weighted by Gasteiger charge is -2.14. The SMILES string of the molecule is Cc1ccc(-n2nc(C(C)(C)C)cc2NC(=O)Nc2ccccc2Br)cc1. The first kappa shape index (κ1) is 19.2. The van der Waals surface area contributed by atoms with E-state index < -0.39 is 0 Å². The van der Waals surface area contributed by atoms with E-state index in [0.717, 1.165) is 15.9 Å². The molecule has 3 rings (SSSR count). The quantitative estimate of drug-likeness (QED) is 0.548. The van der Waals surface area contributed by atoms with Crippen LogP contribution < -0.4 is 10.6 Å². The van der Waals surface area contributed by atoms with Crippen LogP contribution in [-0.4, -0.2) is 15.8 Å². The van der Waals surface area contributed by atoms with Gasteiger partial charge >= 0.3 is 6.03 Å². The van der Waals surface area contributed by atoms with E-state index in [0.29, 0.717) is 11.5 Å². The fourth-order valence-corrected chi connectivity index (χ4v) is 2.94. The molecule has 2 aromatic carbocycles. The fraction of sp³-hybridized carbons (Fsp3) is 0.238. The minimum Gasteiger partial charge on any atom is -0.307 e. The van der Waals surface area contributed by atoms with Crippen molar-refractivity contribution in [1.29, 1.82) is 0 Å². The summed E-state index contributed by atoms with van der Waals surface area (Å²) in [6.45, 7) is 8.33. The summed E-state index contributed by atoms with van der Waals surface area (Å²) in [5, 5.41) is 10.5. The van der Waals surface area contributed by atoms with Crippen molar-refractivity contribution in [3.8, 4) is 5.69 Å². The molecule has 6 heteroatoms. The third kappa shape index (κ3) is 4.57. The number of amides is 2. The smallest absolute Gasteiger partial charge is 0.307 e. The maximum Gasteiger partial charge on any atom is 0.324 e. The molecule has 2 amide bonds. The van der Waals surface area contributed by atoms with Gasteiger partial charge in [0.05, 0.1) is 17.1 Å². The van der Waals surface area contributed by atoms with Crippen molar-refractivity contribution in [3.63, 3.8) is 0 Å². The van der Waals surface area contributed by atoms with E-state index in [-0.39, 0.29) is 11.4 Å². The molecule has 1 heterocycles. The molecule has 0 unspecified atom stereocenters. The van der Waals surface area contributed by atoms with Crippen molar-refractivity contribution < 1.29 is 4.79 Å². The van der Waals surface area contributed by atoms with Gasteiger partial charge in [0.15, 0.2) is 0 Å². The number of hydrogen-bond donors (Lipinski definition) is 2. The largest absolute Gasteiger partial charge is 0.324 e. The van der Waals surface area contributed by atoms with E-state index >= 15 is 0 Å². The molecule has 1 aromatic heterocycles. The average Bonchev–Trinajstić information content (AvgIpc) is 3.02. The molecule has 3 aromatic rings. The van der Waals surface area contributed by atoms with Gasteiger partial charge in [0, 0.05) is 16.0 Å². The van der Waals surface area contributed by atoms with Crippen molar-refractivity contribution >= 4 is 33.5 Å². The number of benzene rings is 2. The van der Waals surface area contributed by atoms with E-state index in [1.165, 1.54) is 5.56 Å². The van der Waals surface area contributed by atoms with Crippen molar-refractivity contribution in [1.82, 2.24) is 9.78 Å². The molecule has 5 nitrogen and oxygen atoms in total. The van der Waals surface area contributed by atoms with Crippen LogP contribution in [0.1, 0.15) is 32.0 Å². The summed E-state index contributed by atoms with van der Waals surface area (Å²) in [4.78, 5) is 12.5. The van der Waals surface area contributed by atoms with Gasteiger partial charge in [-0.15, -0.1) is 0 Å². The summed E-state index contributed by atoms with van der Waals surface area (Å²) < 4.78 is 2.59. The van der Waals surface area contributed by atoms with Crippen LogP contribution in [0.2, 0.25) is 0 Å². The normalized spacial score (nSPS) is 11.3. The van der Waals surface area contributed by atoms with Gasteiger partial charge < -0.3 is 5.32 Å². The van der Waals surface area contributed by atoms with Crippen LogP contribution in [0.5, 0.6) is 0 Å². The van der Waals surface area contributed by atoms with Crippen LogP contribution in [0.25, 0.3) is 5.69 Å². The molecule has 140 valence electrons. The van der Waals surface area contributed by atoms with E-state index in [1.807, 2.05) is 61.5 Å². The Labute approximate surface area is 167 Å². The Morgan fingerprint density at radius 3 is 2.33 bits per heavy atom. The number of urea groups is 1. The monoisotopic (exact) mass is 426 g/mol. The predicted molar refractivity (Wildman–Crippen MR) is 114 cm³/mol. The first-order chi connectivity index (χ1) is 12.7. The molecule has 27 heavy (non-hydrogen) atoms. The van der Waals surface area contributed by atoms with Crippen LogP contribution in [0, 0.1) is 6.92 Å². The lowest BCUT2D eigenvalue weighted by Crippen LogP contribution is -2.21. The highest BCUT2D eigenvalue weighted by Gasteiger charge is 2.21. The number of carbonyl (C=O) groups excluding carboxylic acids is 1. The van der Waals surface area contributed by atoms with Crippen molar-refractivity contribution in [2.45, 2.75) is 33.1 Å². The Kier molecular flexibility index (Phi) is 5.37. The number of aryl methyl sites for hydroxylation is 1. The van der Waals surface area contributed by atoms with Gasteiger partial charge in [-0.05, 0) is 47.1 Å². The Bertz CT molecular complexity index is 955. The van der Waals surface area contributed by atoms with Gasteiger partial charge in [-0.1, -0.05) is 50.6 Å². The molecule has 0 aliphatic heterocycles. The molecule has 0 saturated carbocycles. The second-order valence-corrected chi connectivity index (χ2v) is 8.33. The Morgan fingerprint density at radius 2 is 1.70 bits per heavy atom. The topological polar surface area (TPSA) is 59.0 Å². The van der Waals surface area contributed by atoms with E-state index in [9.17, 15) is 4.79 Å². The van der Waals surface area contributed by atoms with Gasteiger partial charge in [0.25, 0.3) is 0 Å². The van der Waals surface area contributed by atoms with Crippen molar-refractivity contribution in [3.05, 3.63) is 70.3 Å². The lowest BCUT2D eigenvalue weighted by molar-refractivity contribution is 0.262. The Hall–Kier alpha value is -2.60. The summed E-state index contributed by atoms with van der Waals surface area (Å²) in [5.74, 6) is 0.619. The van der Waals surface area contributed by atoms with Crippen LogP contribution in [0.4, 0.5) is 16.3 Å². The number of aromatic nitrogens is 2. The molecule has 0 radical (unpaired) electrons. The minimum absolute atomic E-state index is 0.134. The van der Waals surface area contributed by atoms with Crippen molar-refractivity contribution in [2.24, 2.45) is 0 Å². The van der Waals surface area contributed by atoms with E-state index in [2.05, 4.69) is 47.3 Å². The molecule has 0 spiro atoms. The maximum atomic E-state index is 12.5. The van der Waals surface area contributed by atoms with Crippen LogP contribution in [0.15, 0.2) is 59.1 Å². The number of para-hydroxylation sites is 1. The number of carbonyl (C=O) groups is 1. The van der Waals surface area contributed by atoms with E-state index in [1.54, 1.807) is 4.68 Å². The molecule has 0 atom stereocenters. The Balaban J connectivity index is 1.91. The number of halogens is 1. The summed E-state index contributed by atoms with van der Waals surface area (Å²) >= 11 is 3.44.